The van der Waals surface area contributed by atoms with Gasteiger partial charge in [0.2, 0.25) is 10.0 Å². The van der Waals surface area contributed by atoms with Crippen molar-refractivity contribution >= 4 is 10.0 Å². The molecule has 6 heteroatoms. The minimum atomic E-state index is -3.65. The van der Waals surface area contributed by atoms with E-state index < -0.39 is 15.8 Å². The van der Waals surface area contributed by atoms with Crippen LogP contribution in [-0.2, 0) is 23.1 Å². The molecule has 1 saturated heterocycles. The quantitative estimate of drug-likeness (QED) is 0.858. The second kappa shape index (κ2) is 7.64. The Morgan fingerprint density at radius 1 is 1.04 bits per heavy atom. The highest BCUT2D eigenvalue weighted by atomic mass is 32.2. The zero-order valence-corrected chi connectivity index (χ0v) is 15.2. The Bertz CT molecular complexity index is 829. The molecule has 1 heterocycles. The van der Waals surface area contributed by atoms with Crippen LogP contribution in [0.5, 0.6) is 0 Å². The van der Waals surface area contributed by atoms with E-state index in [0.717, 1.165) is 25.2 Å². The first kappa shape index (κ1) is 18.0. The third-order valence-corrected chi connectivity index (χ3v) is 5.93. The predicted octanol–water partition coefficient (Wildman–Crippen LogP) is 3.21. The van der Waals surface area contributed by atoms with Crippen LogP contribution in [0.25, 0.3) is 0 Å². The van der Waals surface area contributed by atoms with Crippen LogP contribution >= 0.6 is 0 Å². The van der Waals surface area contributed by atoms with Gasteiger partial charge in [-0.25, -0.2) is 17.5 Å². The molecule has 1 aliphatic heterocycles. The molecule has 0 spiro atoms. The van der Waals surface area contributed by atoms with Crippen LogP contribution in [-0.4, -0.2) is 26.4 Å². The van der Waals surface area contributed by atoms with E-state index in [-0.39, 0.29) is 11.4 Å². The van der Waals surface area contributed by atoms with Crippen molar-refractivity contribution in [2.75, 3.05) is 13.1 Å². The van der Waals surface area contributed by atoms with Crippen LogP contribution in [0.1, 0.15) is 29.5 Å². The monoisotopic (exact) mass is 362 g/mol. The lowest BCUT2D eigenvalue weighted by Crippen LogP contribution is -2.23. The number of benzene rings is 2. The van der Waals surface area contributed by atoms with Crippen LogP contribution in [0.2, 0.25) is 0 Å². The molecule has 25 heavy (non-hydrogen) atoms. The zero-order chi connectivity index (χ0) is 17.9. The molecule has 0 atom stereocenters. The first-order valence-corrected chi connectivity index (χ1v) is 9.98. The molecule has 0 radical (unpaired) electrons. The van der Waals surface area contributed by atoms with Gasteiger partial charge in [-0.2, -0.15) is 0 Å². The Kier molecular flexibility index (Phi) is 5.51. The molecular weight excluding hydrogens is 339 g/mol. The molecule has 2 aromatic rings. The van der Waals surface area contributed by atoms with Crippen LogP contribution in [0.4, 0.5) is 4.39 Å². The number of rotatable bonds is 6. The number of sulfonamides is 1. The predicted molar refractivity (Wildman–Crippen MR) is 96.1 cm³/mol. The van der Waals surface area contributed by atoms with Gasteiger partial charge in [-0.3, -0.25) is 4.90 Å². The summed E-state index contributed by atoms with van der Waals surface area (Å²) in [6, 6.07) is 11.8. The van der Waals surface area contributed by atoms with Crippen molar-refractivity contribution in [3.8, 4) is 0 Å². The van der Waals surface area contributed by atoms with E-state index in [1.807, 2.05) is 24.3 Å². The summed E-state index contributed by atoms with van der Waals surface area (Å²) in [7, 11) is -3.65. The first-order chi connectivity index (χ1) is 11.9. The van der Waals surface area contributed by atoms with Crippen LogP contribution in [0.15, 0.2) is 47.4 Å². The van der Waals surface area contributed by atoms with Crippen LogP contribution in [0, 0.1) is 12.7 Å². The first-order valence-electron chi connectivity index (χ1n) is 8.50. The zero-order valence-electron chi connectivity index (χ0n) is 14.3. The molecular formula is C19H23FN2O2S. The Morgan fingerprint density at radius 2 is 1.68 bits per heavy atom. The lowest BCUT2D eigenvalue weighted by Gasteiger charge is -2.14. The third kappa shape index (κ3) is 4.66. The minimum absolute atomic E-state index is 0.0806. The van der Waals surface area contributed by atoms with E-state index in [2.05, 4.69) is 9.62 Å². The molecule has 0 bridgehead atoms. The summed E-state index contributed by atoms with van der Waals surface area (Å²) in [6.45, 7) is 5.01. The van der Waals surface area contributed by atoms with Crippen molar-refractivity contribution in [2.45, 2.75) is 37.8 Å². The molecule has 0 aliphatic carbocycles. The van der Waals surface area contributed by atoms with Crippen LogP contribution in [0.3, 0.4) is 0 Å². The van der Waals surface area contributed by atoms with Gasteiger partial charge in [0, 0.05) is 13.1 Å². The summed E-state index contributed by atoms with van der Waals surface area (Å²) in [5, 5.41) is 0. The van der Waals surface area contributed by atoms with Crippen molar-refractivity contribution < 1.29 is 12.8 Å². The Hall–Kier alpha value is -1.76. The van der Waals surface area contributed by atoms with Gasteiger partial charge in [0.25, 0.3) is 0 Å². The number of hydrogen-bond donors (Lipinski definition) is 1. The lowest BCUT2D eigenvalue weighted by atomic mass is 10.1. The number of nitrogens with zero attached hydrogens (tertiary/aromatic N) is 1. The van der Waals surface area contributed by atoms with Gasteiger partial charge in [0.05, 0.1) is 4.90 Å². The highest BCUT2D eigenvalue weighted by Gasteiger charge is 2.15. The topological polar surface area (TPSA) is 49.4 Å². The minimum Gasteiger partial charge on any atom is -0.299 e. The molecule has 0 saturated carbocycles. The fraction of sp³-hybridized carbons (Fsp3) is 0.368. The van der Waals surface area contributed by atoms with Crippen molar-refractivity contribution in [3.05, 3.63) is 65.0 Å². The molecule has 0 amide bonds. The lowest BCUT2D eigenvalue weighted by molar-refractivity contribution is 0.331. The average Bonchev–Trinajstić information content (AvgIpc) is 3.10. The summed E-state index contributed by atoms with van der Waals surface area (Å²) in [6.07, 6.45) is 2.53. The van der Waals surface area contributed by atoms with Gasteiger partial charge in [0.15, 0.2) is 0 Å². The Labute approximate surface area is 148 Å². The molecule has 3 rings (SSSR count). The summed E-state index contributed by atoms with van der Waals surface area (Å²) in [4.78, 5) is 2.51. The highest BCUT2D eigenvalue weighted by Crippen LogP contribution is 2.16. The number of likely N-dealkylation sites (tertiary alicyclic amines) is 1. The molecule has 0 aromatic heterocycles. The van der Waals surface area contributed by atoms with Gasteiger partial charge in [0.1, 0.15) is 5.82 Å². The maximum absolute atomic E-state index is 13.3. The van der Waals surface area contributed by atoms with Gasteiger partial charge < -0.3 is 0 Å². The third-order valence-electron chi connectivity index (χ3n) is 4.53. The van der Waals surface area contributed by atoms with E-state index in [1.165, 1.54) is 36.6 Å². The van der Waals surface area contributed by atoms with Crippen molar-refractivity contribution in [2.24, 2.45) is 0 Å². The fourth-order valence-electron chi connectivity index (χ4n) is 3.01. The smallest absolute Gasteiger partial charge is 0.240 e. The summed E-state index contributed by atoms with van der Waals surface area (Å²) in [5.41, 5.74) is 2.45. The Morgan fingerprint density at radius 3 is 2.32 bits per heavy atom. The standard InChI is InChI=1S/C19H23FN2O2S/c1-15-12-18(8-9-19(15)20)25(23,24)21-13-16-4-6-17(7-5-16)14-22-10-2-3-11-22/h4-9,12,21H,2-3,10-11,13-14H2,1H3. The van der Waals surface area contributed by atoms with Gasteiger partial charge in [-0.1, -0.05) is 24.3 Å². The fourth-order valence-corrected chi connectivity index (χ4v) is 4.11. The van der Waals surface area contributed by atoms with E-state index in [9.17, 15) is 12.8 Å². The van der Waals surface area contributed by atoms with Gasteiger partial charge in [-0.05, 0) is 67.7 Å². The molecule has 134 valence electrons. The van der Waals surface area contributed by atoms with Gasteiger partial charge in [-0.15, -0.1) is 0 Å². The van der Waals surface area contributed by atoms with Crippen LogP contribution < -0.4 is 4.72 Å². The SMILES string of the molecule is Cc1cc(S(=O)(=O)NCc2ccc(CN3CCCC3)cc2)ccc1F. The number of halogens is 1. The highest BCUT2D eigenvalue weighted by molar-refractivity contribution is 7.89. The number of aryl methyl sites for hydroxylation is 1. The molecule has 1 aliphatic rings. The molecule has 4 nitrogen and oxygen atoms in total. The molecule has 1 N–H and O–H groups in total. The Balaban J connectivity index is 1.61. The summed E-state index contributed by atoms with van der Waals surface area (Å²) in [5.74, 6) is -0.410. The largest absolute Gasteiger partial charge is 0.299 e. The van der Waals surface area contributed by atoms with E-state index in [0.29, 0.717) is 5.56 Å². The average molecular weight is 362 g/mol. The molecule has 0 unspecified atom stereocenters. The number of hydrogen-bond acceptors (Lipinski definition) is 3. The van der Waals surface area contributed by atoms with Crippen molar-refractivity contribution in [1.82, 2.24) is 9.62 Å². The maximum Gasteiger partial charge on any atom is 0.240 e. The second-order valence-electron chi connectivity index (χ2n) is 6.54. The van der Waals surface area contributed by atoms with Gasteiger partial charge >= 0.3 is 0 Å². The second-order valence-corrected chi connectivity index (χ2v) is 8.30. The van der Waals surface area contributed by atoms with Crippen molar-refractivity contribution in [1.29, 1.82) is 0 Å². The number of nitrogens with one attached hydrogen (secondary N) is 1. The summed E-state index contributed by atoms with van der Waals surface area (Å²) < 4.78 is 40.5. The van der Waals surface area contributed by atoms with E-state index in [1.54, 1.807) is 6.92 Å². The maximum atomic E-state index is 13.3. The summed E-state index contributed by atoms with van der Waals surface area (Å²) >= 11 is 0. The van der Waals surface area contributed by atoms with E-state index >= 15 is 0 Å². The van der Waals surface area contributed by atoms with Crippen molar-refractivity contribution in [3.63, 3.8) is 0 Å². The molecule has 1 fully saturated rings. The van der Waals surface area contributed by atoms with E-state index in [4.69, 9.17) is 0 Å². The normalized spacial score (nSPS) is 15.6. The molecule has 2 aromatic carbocycles.